The molecule has 81 valence electrons. The Kier molecular flexibility index (Phi) is 3.01. The zero-order chi connectivity index (χ0) is 10.7. The number of carbonyl (C=O) groups is 1. The summed E-state index contributed by atoms with van der Waals surface area (Å²) in [5, 5.41) is 0. The Morgan fingerprint density at radius 3 is 2.93 bits per heavy atom. The Bertz CT molecular complexity index is 342. The monoisotopic (exact) mass is 208 g/mol. The molecule has 0 aliphatic carbocycles. The van der Waals surface area contributed by atoms with Crippen LogP contribution in [0.4, 0.5) is 0 Å². The molecule has 0 saturated carbocycles. The number of amides is 1. The van der Waals surface area contributed by atoms with Crippen LogP contribution in [-0.2, 0) is 16.1 Å². The van der Waals surface area contributed by atoms with Crippen molar-refractivity contribution in [2.24, 2.45) is 0 Å². The second-order valence-corrected chi connectivity index (χ2v) is 3.54. The second kappa shape index (κ2) is 4.44. The SMILES string of the molecule is Cc1n[c]cn1CC(=O)N1CCOCC1. The molecular weight excluding hydrogens is 194 g/mol. The van der Waals surface area contributed by atoms with Crippen molar-refractivity contribution in [3.05, 3.63) is 18.2 Å². The maximum absolute atomic E-state index is 11.8. The minimum Gasteiger partial charge on any atom is -0.378 e. The fourth-order valence-electron chi connectivity index (χ4n) is 1.57. The van der Waals surface area contributed by atoms with E-state index >= 15 is 0 Å². The minimum absolute atomic E-state index is 0.118. The van der Waals surface area contributed by atoms with E-state index < -0.39 is 0 Å². The number of aryl methyl sites for hydroxylation is 1. The van der Waals surface area contributed by atoms with Gasteiger partial charge in [-0.2, -0.15) is 0 Å². The Balaban J connectivity index is 1.94. The Hall–Kier alpha value is -1.36. The third-order valence-corrected chi connectivity index (χ3v) is 2.52. The molecule has 1 radical (unpaired) electrons. The fourth-order valence-corrected chi connectivity index (χ4v) is 1.57. The van der Waals surface area contributed by atoms with Crippen molar-refractivity contribution in [3.8, 4) is 0 Å². The lowest BCUT2D eigenvalue weighted by molar-refractivity contribution is -0.135. The normalized spacial score (nSPS) is 16.7. The van der Waals surface area contributed by atoms with E-state index in [0.29, 0.717) is 32.8 Å². The van der Waals surface area contributed by atoms with Crippen molar-refractivity contribution in [2.45, 2.75) is 13.5 Å². The van der Waals surface area contributed by atoms with Crippen LogP contribution in [-0.4, -0.2) is 46.7 Å². The van der Waals surface area contributed by atoms with Crippen molar-refractivity contribution in [1.29, 1.82) is 0 Å². The van der Waals surface area contributed by atoms with Crippen LogP contribution in [0.1, 0.15) is 5.82 Å². The maximum atomic E-state index is 11.8. The Labute approximate surface area is 88.7 Å². The van der Waals surface area contributed by atoms with Crippen LogP contribution in [0.3, 0.4) is 0 Å². The molecule has 1 aromatic rings. The molecule has 2 heterocycles. The van der Waals surface area contributed by atoms with Crippen LogP contribution >= 0.6 is 0 Å². The van der Waals surface area contributed by atoms with Gasteiger partial charge in [0, 0.05) is 19.3 Å². The number of morpholine rings is 1. The van der Waals surface area contributed by atoms with Crippen LogP contribution in [0.2, 0.25) is 0 Å². The summed E-state index contributed by atoms with van der Waals surface area (Å²) in [4.78, 5) is 17.6. The molecule has 0 aromatic carbocycles. The lowest BCUT2D eigenvalue weighted by atomic mass is 10.4. The molecule has 1 saturated heterocycles. The first-order valence-electron chi connectivity index (χ1n) is 5.03. The number of ether oxygens (including phenoxy) is 1. The molecule has 2 rings (SSSR count). The minimum atomic E-state index is 0.118. The van der Waals surface area contributed by atoms with Crippen molar-refractivity contribution in [1.82, 2.24) is 14.5 Å². The maximum Gasteiger partial charge on any atom is 0.242 e. The molecule has 1 fully saturated rings. The molecule has 1 aliphatic heterocycles. The number of rotatable bonds is 2. The fraction of sp³-hybridized carbons (Fsp3) is 0.600. The number of nitrogens with zero attached hydrogens (tertiary/aromatic N) is 3. The zero-order valence-electron chi connectivity index (χ0n) is 8.77. The Morgan fingerprint density at radius 2 is 2.33 bits per heavy atom. The van der Waals surface area contributed by atoms with Crippen LogP contribution in [0.25, 0.3) is 0 Å². The topological polar surface area (TPSA) is 47.4 Å². The second-order valence-electron chi connectivity index (χ2n) is 3.54. The molecule has 5 heteroatoms. The summed E-state index contributed by atoms with van der Waals surface area (Å²) >= 11 is 0. The van der Waals surface area contributed by atoms with Crippen molar-refractivity contribution < 1.29 is 9.53 Å². The highest BCUT2D eigenvalue weighted by Crippen LogP contribution is 2.01. The van der Waals surface area contributed by atoms with Gasteiger partial charge in [0.25, 0.3) is 0 Å². The van der Waals surface area contributed by atoms with Gasteiger partial charge in [0.2, 0.25) is 5.91 Å². The molecule has 1 amide bonds. The van der Waals surface area contributed by atoms with Gasteiger partial charge in [-0.15, -0.1) is 0 Å². The number of hydrogen-bond acceptors (Lipinski definition) is 3. The highest BCUT2D eigenvalue weighted by molar-refractivity contribution is 5.76. The van der Waals surface area contributed by atoms with Gasteiger partial charge in [0.05, 0.1) is 13.2 Å². The van der Waals surface area contributed by atoms with Gasteiger partial charge >= 0.3 is 0 Å². The lowest BCUT2D eigenvalue weighted by Crippen LogP contribution is -2.42. The highest BCUT2D eigenvalue weighted by Gasteiger charge is 2.17. The first-order valence-corrected chi connectivity index (χ1v) is 5.03. The van der Waals surface area contributed by atoms with Crippen molar-refractivity contribution in [3.63, 3.8) is 0 Å². The van der Waals surface area contributed by atoms with Gasteiger partial charge in [-0.1, -0.05) is 0 Å². The van der Waals surface area contributed by atoms with Gasteiger partial charge in [0.1, 0.15) is 18.6 Å². The molecule has 1 aliphatic rings. The summed E-state index contributed by atoms with van der Waals surface area (Å²) in [6.07, 6.45) is 4.43. The zero-order valence-corrected chi connectivity index (χ0v) is 8.77. The van der Waals surface area contributed by atoms with E-state index in [1.807, 2.05) is 11.8 Å². The summed E-state index contributed by atoms with van der Waals surface area (Å²) < 4.78 is 6.99. The predicted molar refractivity (Wildman–Crippen MR) is 53.2 cm³/mol. The van der Waals surface area contributed by atoms with Crippen LogP contribution < -0.4 is 0 Å². The van der Waals surface area contributed by atoms with Gasteiger partial charge in [-0.05, 0) is 6.92 Å². The van der Waals surface area contributed by atoms with Gasteiger partial charge in [-0.3, -0.25) is 4.79 Å². The summed E-state index contributed by atoms with van der Waals surface area (Å²) in [6.45, 7) is 4.87. The molecule has 0 bridgehead atoms. The Morgan fingerprint density at radius 1 is 1.60 bits per heavy atom. The summed E-state index contributed by atoms with van der Waals surface area (Å²) in [6, 6.07) is 0. The number of carbonyl (C=O) groups excluding carboxylic acids is 1. The third-order valence-electron chi connectivity index (χ3n) is 2.52. The standard InChI is InChI=1S/C10H14N3O2/c1-9-11-2-3-13(9)8-10(14)12-4-6-15-7-5-12/h3H,4-8H2,1H3. The summed E-state index contributed by atoms with van der Waals surface area (Å²) in [5.41, 5.74) is 0. The molecule has 1 aromatic heterocycles. The van der Waals surface area contributed by atoms with Crippen LogP contribution in [0, 0.1) is 13.1 Å². The quantitative estimate of drug-likeness (QED) is 0.679. The predicted octanol–water partition coefficient (Wildman–Crippen LogP) is -0.149. The molecule has 0 atom stereocenters. The lowest BCUT2D eigenvalue weighted by Gasteiger charge is -2.27. The third kappa shape index (κ3) is 2.36. The number of hydrogen-bond donors (Lipinski definition) is 0. The first-order chi connectivity index (χ1) is 7.27. The summed E-state index contributed by atoms with van der Waals surface area (Å²) in [5.74, 6) is 0.935. The van der Waals surface area contributed by atoms with E-state index in [2.05, 4.69) is 11.2 Å². The molecule has 0 unspecified atom stereocenters. The highest BCUT2D eigenvalue weighted by atomic mass is 16.5. The number of imidazole rings is 1. The van der Waals surface area contributed by atoms with Gasteiger partial charge in [-0.25, -0.2) is 4.98 Å². The average molecular weight is 208 g/mol. The molecule has 0 spiro atoms. The number of aromatic nitrogens is 2. The molecular formula is C10H14N3O2. The van der Waals surface area contributed by atoms with Gasteiger partial charge in [0.15, 0.2) is 0 Å². The van der Waals surface area contributed by atoms with E-state index in [4.69, 9.17) is 4.74 Å². The molecule has 15 heavy (non-hydrogen) atoms. The van der Waals surface area contributed by atoms with E-state index in [-0.39, 0.29) is 5.91 Å². The van der Waals surface area contributed by atoms with E-state index in [9.17, 15) is 4.79 Å². The molecule has 5 nitrogen and oxygen atoms in total. The smallest absolute Gasteiger partial charge is 0.242 e. The molecule has 0 N–H and O–H groups in total. The van der Waals surface area contributed by atoms with E-state index in [1.165, 1.54) is 0 Å². The summed E-state index contributed by atoms with van der Waals surface area (Å²) in [7, 11) is 0. The largest absolute Gasteiger partial charge is 0.378 e. The van der Waals surface area contributed by atoms with Crippen LogP contribution in [0.15, 0.2) is 6.20 Å². The van der Waals surface area contributed by atoms with Crippen molar-refractivity contribution >= 4 is 5.91 Å². The van der Waals surface area contributed by atoms with Crippen molar-refractivity contribution in [2.75, 3.05) is 26.3 Å². The van der Waals surface area contributed by atoms with E-state index in [1.54, 1.807) is 10.8 Å². The van der Waals surface area contributed by atoms with Gasteiger partial charge < -0.3 is 14.2 Å². The first kappa shape index (κ1) is 10.2. The van der Waals surface area contributed by atoms with Crippen LogP contribution in [0.5, 0.6) is 0 Å². The average Bonchev–Trinajstić information content (AvgIpc) is 2.66. The van der Waals surface area contributed by atoms with E-state index in [0.717, 1.165) is 5.82 Å².